The second-order valence-corrected chi connectivity index (χ2v) is 25.3. The molecule has 0 radical (unpaired) electrons. The van der Waals surface area contributed by atoms with Crippen molar-refractivity contribution >= 4 is 33.7 Å². The van der Waals surface area contributed by atoms with Gasteiger partial charge in [0.15, 0.2) is 0 Å². The Kier molecular flexibility index (Phi) is 8.39. The first-order valence-corrected chi connectivity index (χ1v) is 21.2. The molecule has 1 aromatic heterocycles. The number of carbonyl (C=O) groups excluding carboxylic acids is 1. The summed E-state index contributed by atoms with van der Waals surface area (Å²) in [4.78, 5) is 24.1. The van der Waals surface area contributed by atoms with Crippen LogP contribution in [0.4, 0.5) is 14.5 Å². The molecule has 1 fully saturated rings. The number of aliphatic hydroxyl groups is 1. The summed E-state index contributed by atoms with van der Waals surface area (Å²) < 4.78 is 29.4. The fraction of sp³-hybridized carbons (Fsp3) is 0.739. The van der Waals surface area contributed by atoms with Crippen LogP contribution in [0, 0.1) is 5.92 Å². The van der Waals surface area contributed by atoms with E-state index in [1.54, 1.807) is 20.0 Å². The van der Waals surface area contributed by atoms with Gasteiger partial charge in [-0.2, -0.15) is 0 Å². The van der Waals surface area contributed by atoms with Crippen molar-refractivity contribution in [2.24, 2.45) is 5.92 Å². The zero-order valence-electron chi connectivity index (χ0n) is 20.0. The number of nitrogens with one attached hydrogen (secondary N) is 2. The van der Waals surface area contributed by atoms with Crippen LogP contribution in [0.1, 0.15) is 63.7 Å². The summed E-state index contributed by atoms with van der Waals surface area (Å²) >= 11 is -2.48. The molecule has 0 aliphatic heterocycles. The van der Waals surface area contributed by atoms with Crippen LogP contribution in [0.25, 0.3) is 0 Å². The fourth-order valence-corrected chi connectivity index (χ4v) is 6.77. The average molecular weight is 546 g/mol. The van der Waals surface area contributed by atoms with Crippen molar-refractivity contribution in [3.63, 3.8) is 0 Å². The van der Waals surface area contributed by atoms with Gasteiger partial charge in [0.1, 0.15) is 0 Å². The molecule has 0 saturated heterocycles. The maximum atomic E-state index is 14.3. The molecule has 176 valence electrons. The number of hydrogen-bond acceptors (Lipinski definition) is 4. The summed E-state index contributed by atoms with van der Waals surface area (Å²) in [5, 5.41) is 15.9. The average Bonchev–Trinajstić information content (AvgIpc) is 2.64. The van der Waals surface area contributed by atoms with Crippen LogP contribution in [-0.4, -0.2) is 64.4 Å². The van der Waals surface area contributed by atoms with Crippen LogP contribution in [0.2, 0.25) is 14.8 Å². The Bertz CT molecular complexity index is 762. The van der Waals surface area contributed by atoms with E-state index in [0.29, 0.717) is 11.3 Å². The first-order valence-electron chi connectivity index (χ1n) is 11.2. The van der Waals surface area contributed by atoms with Gasteiger partial charge in [-0.3, -0.25) is 0 Å². The molecule has 1 aliphatic rings. The second-order valence-electron chi connectivity index (χ2n) is 11.0. The summed E-state index contributed by atoms with van der Waals surface area (Å²) in [5.41, 5.74) is -1.63. The van der Waals surface area contributed by atoms with Crippen molar-refractivity contribution in [3.8, 4) is 0 Å². The number of halogens is 2. The molecule has 2 rings (SSSR count). The van der Waals surface area contributed by atoms with Crippen molar-refractivity contribution in [1.82, 2.24) is 10.3 Å². The minimum atomic E-state index is -2.48. The number of alkyl halides is 2. The summed E-state index contributed by atoms with van der Waals surface area (Å²) in [6.45, 7) is 5.76. The zero-order valence-corrected chi connectivity index (χ0v) is 22.8. The predicted octanol–water partition coefficient (Wildman–Crippen LogP) is 4.18. The second kappa shape index (κ2) is 9.89. The van der Waals surface area contributed by atoms with E-state index in [4.69, 9.17) is 0 Å². The molecule has 1 aromatic rings. The Hall–Kier alpha value is -0.961. The Morgan fingerprint density at radius 2 is 1.81 bits per heavy atom. The number of amides is 1. The molecule has 5 nitrogen and oxygen atoms in total. The van der Waals surface area contributed by atoms with Gasteiger partial charge in [0, 0.05) is 0 Å². The van der Waals surface area contributed by atoms with E-state index in [2.05, 4.69) is 30.4 Å². The van der Waals surface area contributed by atoms with Crippen molar-refractivity contribution in [3.05, 3.63) is 17.8 Å². The molecule has 1 aliphatic carbocycles. The number of pyridine rings is 1. The monoisotopic (exact) mass is 547 g/mol. The molecule has 31 heavy (non-hydrogen) atoms. The third-order valence-electron chi connectivity index (χ3n) is 6.18. The maximum absolute atomic E-state index is 14.3. The number of rotatable bonds is 8. The van der Waals surface area contributed by atoms with E-state index >= 15 is 0 Å². The van der Waals surface area contributed by atoms with E-state index in [9.17, 15) is 18.7 Å². The van der Waals surface area contributed by atoms with Crippen LogP contribution in [0.15, 0.2) is 12.3 Å². The normalized spacial score (nSPS) is 21.5. The fourth-order valence-electron chi connectivity index (χ4n) is 3.84. The molecular weight excluding hydrogens is 507 g/mol. The molecule has 3 N–H and O–H groups in total. The predicted molar refractivity (Wildman–Crippen MR) is 125 cm³/mol. The van der Waals surface area contributed by atoms with Gasteiger partial charge in [-0.25, -0.2) is 0 Å². The Morgan fingerprint density at radius 1 is 1.23 bits per heavy atom. The molecule has 1 heterocycles. The zero-order chi connectivity index (χ0) is 23.6. The van der Waals surface area contributed by atoms with E-state index in [1.165, 1.54) is 13.8 Å². The van der Waals surface area contributed by atoms with Gasteiger partial charge in [-0.05, 0) is 0 Å². The van der Waals surface area contributed by atoms with Crippen molar-refractivity contribution in [2.45, 2.75) is 91.7 Å². The van der Waals surface area contributed by atoms with Crippen LogP contribution in [0.3, 0.4) is 0 Å². The van der Waals surface area contributed by atoms with Gasteiger partial charge in [-0.15, -0.1) is 0 Å². The van der Waals surface area contributed by atoms with Crippen LogP contribution < -0.4 is 14.3 Å². The van der Waals surface area contributed by atoms with Crippen LogP contribution in [0.5, 0.6) is 0 Å². The molecule has 0 spiro atoms. The third-order valence-corrected chi connectivity index (χ3v) is 11.3. The van der Waals surface area contributed by atoms with Gasteiger partial charge in [-0.1, -0.05) is 0 Å². The van der Waals surface area contributed by atoms with Gasteiger partial charge in [0.25, 0.3) is 0 Å². The number of nitrogens with zero attached hydrogens (tertiary/aromatic N) is 1. The van der Waals surface area contributed by atoms with E-state index < -0.39 is 41.7 Å². The summed E-state index contributed by atoms with van der Waals surface area (Å²) in [5.74, 6) is -0.369. The molecule has 1 saturated carbocycles. The van der Waals surface area contributed by atoms with Gasteiger partial charge < -0.3 is 0 Å². The third kappa shape index (κ3) is 7.55. The standard InChI is InChI=1S/C20H30F2N3O2.3CH3.Sn/c1-19(2,22)13-5-7-14(8-6-13)25-16-9-10-23-11-15(16)18(26)24-12-17(21)20(3,4)27;;;;/h9,11,13-14,17,27H,5-8,12H2,1-4H3,(H,23,25)(H,24,26);3*1H3;/t13?,14?,17-;;;;/m1..../s1. The van der Waals surface area contributed by atoms with Crippen molar-refractivity contribution in [1.29, 1.82) is 0 Å². The number of hydrogen-bond donors (Lipinski definition) is 3. The van der Waals surface area contributed by atoms with Crippen LogP contribution in [-0.2, 0) is 0 Å². The van der Waals surface area contributed by atoms with Crippen molar-refractivity contribution < 1.29 is 18.7 Å². The SMILES string of the molecule is CC(C)(F)C1CCC(Nc2c[c]([Sn]([CH3])([CH3])[CH3])ncc2C(=O)NC[C@@H](F)C(C)(C)O)CC1. The molecule has 0 unspecified atom stereocenters. The van der Waals surface area contributed by atoms with Gasteiger partial charge >= 0.3 is 190 Å². The molecular formula is C23H39F2N3O2Sn. The molecule has 1 amide bonds. The van der Waals surface area contributed by atoms with E-state index in [1.807, 2.05) is 6.07 Å². The minimum absolute atomic E-state index is 0.0513. The van der Waals surface area contributed by atoms with E-state index in [0.717, 1.165) is 29.4 Å². The number of aromatic nitrogens is 1. The van der Waals surface area contributed by atoms with Gasteiger partial charge in [0.2, 0.25) is 0 Å². The first-order chi connectivity index (χ1) is 14.1. The molecule has 1 atom stereocenters. The van der Waals surface area contributed by atoms with Crippen LogP contribution >= 0.6 is 0 Å². The van der Waals surface area contributed by atoms with Gasteiger partial charge in [0.05, 0.1) is 0 Å². The molecule has 0 bridgehead atoms. The first kappa shape index (κ1) is 26.3. The quantitative estimate of drug-likeness (QED) is 0.428. The summed E-state index contributed by atoms with van der Waals surface area (Å²) in [7, 11) is 0. The van der Waals surface area contributed by atoms with Crippen molar-refractivity contribution in [2.75, 3.05) is 11.9 Å². The Balaban J connectivity index is 2.18. The topological polar surface area (TPSA) is 74.2 Å². The Morgan fingerprint density at radius 3 is 2.29 bits per heavy atom. The number of anilines is 1. The van der Waals surface area contributed by atoms with E-state index in [-0.39, 0.29) is 18.5 Å². The summed E-state index contributed by atoms with van der Waals surface area (Å²) in [6.07, 6.45) is 3.26. The molecule has 0 aromatic carbocycles. The Labute approximate surface area is 189 Å². The summed E-state index contributed by atoms with van der Waals surface area (Å²) in [6, 6.07) is 2.12. The molecule has 8 heteroatoms. The number of carbonyl (C=O) groups is 1.